The van der Waals surface area contributed by atoms with E-state index in [0.717, 1.165) is 0 Å². The fraction of sp³-hybridized carbons (Fsp3) is 0.857. The third kappa shape index (κ3) is 6.56. The van der Waals surface area contributed by atoms with E-state index < -0.39 is 26.2 Å². The maximum Gasteiger partial charge on any atom is 0.500 e. The summed E-state index contributed by atoms with van der Waals surface area (Å²) >= 11 is 0. The van der Waals surface area contributed by atoms with Crippen LogP contribution in [-0.2, 0) is 27.7 Å². The van der Waals surface area contributed by atoms with Gasteiger partial charge in [0.2, 0.25) is 0 Å². The van der Waals surface area contributed by atoms with E-state index >= 15 is 0 Å². The second kappa shape index (κ2) is 10.7. The largest absolute Gasteiger partial charge is 0.500 e. The summed E-state index contributed by atoms with van der Waals surface area (Å²) in [7, 11) is 1.99. The van der Waals surface area contributed by atoms with Gasteiger partial charge in [0.15, 0.2) is 0 Å². The Balaban J connectivity index is 4.35. The number of hydrogen-bond acceptors (Lipinski definition) is 7. The van der Waals surface area contributed by atoms with Crippen molar-refractivity contribution in [3.63, 3.8) is 0 Å². The molecule has 9 heteroatoms. The van der Waals surface area contributed by atoms with E-state index in [2.05, 4.69) is 5.48 Å². The molecule has 0 fully saturated rings. The number of carbonyl (C=O) groups excluding carboxylic acids is 1. The molecule has 0 bridgehead atoms. The summed E-state index contributed by atoms with van der Waals surface area (Å²) in [6, 6.07) is 0.572. The van der Waals surface area contributed by atoms with E-state index in [1.165, 1.54) is 21.3 Å². The molecule has 0 heterocycles. The van der Waals surface area contributed by atoms with Crippen LogP contribution >= 0.6 is 0 Å². The molecular weight excluding hydrogens is 322 g/mol. The lowest BCUT2D eigenvalue weighted by molar-refractivity contribution is -0.168. The van der Waals surface area contributed by atoms with Crippen molar-refractivity contribution in [1.29, 1.82) is 0 Å². The van der Waals surface area contributed by atoms with E-state index in [-0.39, 0.29) is 6.42 Å². The Hall–Kier alpha value is -1.00. The van der Waals surface area contributed by atoms with Gasteiger partial charge in [-0.1, -0.05) is 13.8 Å². The minimum atomic E-state index is -2.62. The highest BCUT2D eigenvalue weighted by Crippen LogP contribution is 2.32. The molecule has 0 atom stereocenters. The number of carboxylic acids is 1. The Morgan fingerprint density at radius 3 is 2.00 bits per heavy atom. The molecule has 0 rings (SSSR count). The number of rotatable bonds is 13. The second-order valence-corrected chi connectivity index (χ2v) is 8.33. The Morgan fingerprint density at radius 1 is 1.09 bits per heavy atom. The lowest BCUT2D eigenvalue weighted by atomic mass is 9.79. The third-order valence-electron chi connectivity index (χ3n) is 4.14. The highest BCUT2D eigenvalue weighted by atomic mass is 28.4. The maximum atomic E-state index is 12.2. The number of carbonyl (C=O) groups is 2. The first-order valence-electron chi connectivity index (χ1n) is 7.66. The Bertz CT molecular complexity index is 362. The zero-order valence-electron chi connectivity index (χ0n) is 14.6. The minimum absolute atomic E-state index is 0.242. The van der Waals surface area contributed by atoms with Crippen molar-refractivity contribution in [1.82, 2.24) is 5.48 Å². The van der Waals surface area contributed by atoms with E-state index in [4.69, 9.17) is 23.2 Å². The maximum absolute atomic E-state index is 12.2. The lowest BCUT2D eigenvalue weighted by Crippen LogP contribution is -2.43. The Morgan fingerprint density at radius 2 is 1.61 bits per heavy atom. The minimum Gasteiger partial charge on any atom is -0.481 e. The van der Waals surface area contributed by atoms with Crippen LogP contribution in [0.3, 0.4) is 0 Å². The zero-order chi connectivity index (χ0) is 17.9. The van der Waals surface area contributed by atoms with Gasteiger partial charge >= 0.3 is 20.7 Å². The SMILES string of the molecule is CCC(CC)(CC(=O)O)C(=O)ONCCC[Si](OC)(OC)OC. The van der Waals surface area contributed by atoms with Crippen LogP contribution in [0.25, 0.3) is 0 Å². The molecule has 136 valence electrons. The van der Waals surface area contributed by atoms with Crippen LogP contribution in [0, 0.1) is 5.41 Å². The van der Waals surface area contributed by atoms with Crippen LogP contribution in [0.4, 0.5) is 0 Å². The van der Waals surface area contributed by atoms with Crippen molar-refractivity contribution in [3.8, 4) is 0 Å². The molecule has 0 amide bonds. The summed E-state index contributed by atoms with van der Waals surface area (Å²) in [5.41, 5.74) is 1.59. The van der Waals surface area contributed by atoms with Gasteiger partial charge in [-0.15, -0.1) is 0 Å². The second-order valence-electron chi connectivity index (χ2n) is 5.24. The Labute approximate surface area is 138 Å². The quantitative estimate of drug-likeness (QED) is 0.293. The normalized spacial score (nSPS) is 12.2. The van der Waals surface area contributed by atoms with Gasteiger partial charge in [-0.3, -0.25) is 4.79 Å². The van der Waals surface area contributed by atoms with Gasteiger partial charge in [-0.2, -0.15) is 5.48 Å². The molecule has 0 saturated heterocycles. The van der Waals surface area contributed by atoms with E-state index in [1.807, 2.05) is 0 Å². The third-order valence-corrected chi connectivity index (χ3v) is 6.97. The topological polar surface area (TPSA) is 103 Å². The number of hydrogen-bond donors (Lipinski definition) is 2. The molecule has 0 aromatic carbocycles. The van der Waals surface area contributed by atoms with Gasteiger partial charge in [0, 0.05) is 33.9 Å². The first kappa shape index (κ1) is 22.0. The highest BCUT2D eigenvalue weighted by molar-refractivity contribution is 6.60. The molecule has 0 unspecified atom stereocenters. The van der Waals surface area contributed by atoms with Crippen molar-refractivity contribution in [2.24, 2.45) is 5.41 Å². The highest BCUT2D eigenvalue weighted by Gasteiger charge is 2.39. The molecule has 0 saturated carbocycles. The number of nitrogens with one attached hydrogen (secondary N) is 1. The van der Waals surface area contributed by atoms with Crippen molar-refractivity contribution in [2.75, 3.05) is 27.9 Å². The van der Waals surface area contributed by atoms with Gasteiger partial charge in [-0.05, 0) is 19.3 Å². The standard InChI is InChI=1S/C14H29NO7Si/c1-6-14(7-2,11-12(16)17)13(18)22-15-9-8-10-23(19-3,20-4)21-5/h15H,6-11H2,1-5H3,(H,16,17). The summed E-state index contributed by atoms with van der Waals surface area (Å²) in [5, 5.41) is 8.98. The van der Waals surface area contributed by atoms with Crippen LogP contribution in [0.5, 0.6) is 0 Å². The van der Waals surface area contributed by atoms with Gasteiger partial charge in [0.05, 0.1) is 11.8 Å². The van der Waals surface area contributed by atoms with Crippen LogP contribution in [0.15, 0.2) is 0 Å². The van der Waals surface area contributed by atoms with Crippen LogP contribution in [-0.4, -0.2) is 53.7 Å². The van der Waals surface area contributed by atoms with Crippen LogP contribution < -0.4 is 5.48 Å². The summed E-state index contributed by atoms with van der Waals surface area (Å²) in [5.74, 6) is -1.56. The summed E-state index contributed by atoms with van der Waals surface area (Å²) < 4.78 is 15.9. The van der Waals surface area contributed by atoms with E-state index in [9.17, 15) is 9.59 Å². The summed E-state index contributed by atoms with van der Waals surface area (Å²) in [4.78, 5) is 28.2. The molecule has 0 aliphatic rings. The molecule has 0 aromatic heterocycles. The molecule has 0 spiro atoms. The summed E-state index contributed by atoms with van der Waals surface area (Å²) in [6.07, 6.45) is 1.19. The molecule has 8 nitrogen and oxygen atoms in total. The zero-order valence-corrected chi connectivity index (χ0v) is 15.6. The fourth-order valence-corrected chi connectivity index (χ4v) is 4.03. The van der Waals surface area contributed by atoms with Crippen LogP contribution in [0.2, 0.25) is 6.04 Å². The van der Waals surface area contributed by atoms with Gasteiger partial charge < -0.3 is 23.2 Å². The predicted molar refractivity (Wildman–Crippen MR) is 85.6 cm³/mol. The summed E-state index contributed by atoms with van der Waals surface area (Å²) in [6.45, 7) is 3.96. The van der Waals surface area contributed by atoms with E-state index in [0.29, 0.717) is 31.9 Å². The predicted octanol–water partition coefficient (Wildman–Crippen LogP) is 1.58. The van der Waals surface area contributed by atoms with Crippen molar-refractivity contribution < 1.29 is 32.8 Å². The number of aliphatic carboxylic acids is 1. The lowest BCUT2D eigenvalue weighted by Gasteiger charge is -2.27. The monoisotopic (exact) mass is 351 g/mol. The smallest absolute Gasteiger partial charge is 0.481 e. The Kier molecular flexibility index (Phi) is 10.2. The van der Waals surface area contributed by atoms with E-state index in [1.54, 1.807) is 13.8 Å². The van der Waals surface area contributed by atoms with Crippen molar-refractivity contribution >= 4 is 20.7 Å². The average Bonchev–Trinajstić information content (AvgIpc) is 2.56. The number of hydroxylamine groups is 1. The molecule has 0 aliphatic heterocycles. The molecule has 0 radical (unpaired) electrons. The fourth-order valence-electron chi connectivity index (χ4n) is 2.31. The molecule has 0 aromatic rings. The molecule has 23 heavy (non-hydrogen) atoms. The molecule has 0 aliphatic carbocycles. The van der Waals surface area contributed by atoms with Gasteiger partial charge in [-0.25, -0.2) is 4.79 Å². The molecule has 2 N–H and O–H groups in total. The first-order valence-corrected chi connectivity index (χ1v) is 9.59. The van der Waals surface area contributed by atoms with Gasteiger partial charge in [0.25, 0.3) is 0 Å². The average molecular weight is 351 g/mol. The van der Waals surface area contributed by atoms with Crippen molar-refractivity contribution in [3.05, 3.63) is 0 Å². The first-order chi connectivity index (χ1) is 10.8. The van der Waals surface area contributed by atoms with Crippen LogP contribution in [0.1, 0.15) is 39.5 Å². The number of carboxylic acid groups (broad SMARTS) is 1. The van der Waals surface area contributed by atoms with Gasteiger partial charge in [0.1, 0.15) is 0 Å². The molecular formula is C14H29NO7Si. The van der Waals surface area contributed by atoms with Crippen molar-refractivity contribution in [2.45, 2.75) is 45.6 Å².